The fourth-order valence-electron chi connectivity index (χ4n) is 3.07. The molecule has 2 aromatic rings. The first-order valence-electron chi connectivity index (χ1n) is 9.68. The average molecular weight is 449 g/mol. The quantitative estimate of drug-likeness (QED) is 0.638. The maximum atomic E-state index is 12.4. The molecule has 1 aliphatic carbocycles. The van der Waals surface area contributed by atoms with E-state index in [4.69, 9.17) is 11.6 Å². The summed E-state index contributed by atoms with van der Waals surface area (Å²) in [6, 6.07) is 7.35. The first kappa shape index (κ1) is 22.2. The molecule has 1 aliphatic rings. The minimum atomic E-state index is -3.25. The predicted molar refractivity (Wildman–Crippen MR) is 118 cm³/mol. The van der Waals surface area contributed by atoms with Crippen molar-refractivity contribution in [2.45, 2.75) is 38.8 Å². The maximum Gasteiger partial charge on any atom is 0.289 e. The lowest BCUT2D eigenvalue weighted by Gasteiger charge is -2.22. The van der Waals surface area contributed by atoms with Gasteiger partial charge in [0.15, 0.2) is 9.84 Å². The minimum Gasteiger partial charge on any atom is -0.375 e. The highest BCUT2D eigenvalue weighted by Gasteiger charge is 2.33. The van der Waals surface area contributed by atoms with Crippen LogP contribution in [0.3, 0.4) is 0 Å². The van der Waals surface area contributed by atoms with E-state index in [1.807, 2.05) is 31.2 Å². The molecule has 1 amide bonds. The number of rotatable bonds is 8. The van der Waals surface area contributed by atoms with Gasteiger partial charge in [-0.2, -0.15) is 0 Å². The van der Waals surface area contributed by atoms with E-state index < -0.39 is 21.8 Å². The van der Waals surface area contributed by atoms with Crippen LogP contribution in [0.25, 0.3) is 0 Å². The van der Waals surface area contributed by atoms with Gasteiger partial charge in [0.1, 0.15) is 0 Å². The smallest absolute Gasteiger partial charge is 0.289 e. The largest absolute Gasteiger partial charge is 0.375 e. The second kappa shape index (κ2) is 9.14. The third-order valence-electron chi connectivity index (χ3n) is 4.80. The summed E-state index contributed by atoms with van der Waals surface area (Å²) in [5.41, 5.74) is 2.43. The SMILES string of the molecule is Cc1nc(C(=O)N[C@H](C)/C=C/S(C)(=O)=O)ncc1N[C@H](c1ccccc1Cl)C1CC1. The highest BCUT2D eigenvalue weighted by Crippen LogP contribution is 2.44. The Hall–Kier alpha value is -2.45. The van der Waals surface area contributed by atoms with E-state index in [1.165, 1.54) is 6.08 Å². The number of carbonyl (C=O) groups is 1. The molecule has 3 rings (SSSR count). The van der Waals surface area contributed by atoms with Gasteiger partial charge in [-0.1, -0.05) is 35.9 Å². The van der Waals surface area contributed by atoms with Crippen LogP contribution in [0.1, 0.15) is 47.7 Å². The van der Waals surface area contributed by atoms with Gasteiger partial charge in [-0.25, -0.2) is 18.4 Å². The van der Waals surface area contributed by atoms with Crippen LogP contribution in [0.2, 0.25) is 5.02 Å². The Labute approximate surface area is 181 Å². The van der Waals surface area contributed by atoms with E-state index in [-0.39, 0.29) is 11.9 Å². The molecule has 160 valence electrons. The van der Waals surface area contributed by atoms with Gasteiger partial charge >= 0.3 is 0 Å². The molecule has 9 heteroatoms. The minimum absolute atomic E-state index is 0.0263. The first-order chi connectivity index (χ1) is 14.1. The second-order valence-electron chi connectivity index (χ2n) is 7.59. The Morgan fingerprint density at radius 1 is 1.30 bits per heavy atom. The van der Waals surface area contributed by atoms with Crippen molar-refractivity contribution < 1.29 is 13.2 Å². The van der Waals surface area contributed by atoms with E-state index in [1.54, 1.807) is 13.1 Å². The van der Waals surface area contributed by atoms with Crippen molar-refractivity contribution in [1.82, 2.24) is 15.3 Å². The number of carbonyl (C=O) groups excluding carboxylic acids is 1. The van der Waals surface area contributed by atoms with Crippen LogP contribution in [-0.2, 0) is 9.84 Å². The van der Waals surface area contributed by atoms with Gasteiger partial charge in [0, 0.05) is 22.7 Å². The molecule has 0 bridgehead atoms. The van der Waals surface area contributed by atoms with Crippen molar-refractivity contribution in [2.24, 2.45) is 5.92 Å². The van der Waals surface area contributed by atoms with Crippen molar-refractivity contribution in [3.63, 3.8) is 0 Å². The van der Waals surface area contributed by atoms with Crippen LogP contribution < -0.4 is 10.6 Å². The van der Waals surface area contributed by atoms with Gasteiger partial charge in [-0.15, -0.1) is 0 Å². The Morgan fingerprint density at radius 2 is 2.00 bits per heavy atom. The highest BCUT2D eigenvalue weighted by atomic mass is 35.5. The van der Waals surface area contributed by atoms with Crippen LogP contribution in [0.4, 0.5) is 5.69 Å². The zero-order valence-corrected chi connectivity index (χ0v) is 18.7. The van der Waals surface area contributed by atoms with Crippen molar-refractivity contribution in [3.05, 3.63) is 64.1 Å². The molecule has 1 aromatic heterocycles. The van der Waals surface area contributed by atoms with Crippen molar-refractivity contribution in [1.29, 1.82) is 0 Å². The summed E-state index contributed by atoms with van der Waals surface area (Å²) in [7, 11) is -3.25. The number of nitrogens with zero attached hydrogens (tertiary/aromatic N) is 2. The molecule has 0 aliphatic heterocycles. The van der Waals surface area contributed by atoms with E-state index in [0.29, 0.717) is 16.6 Å². The van der Waals surface area contributed by atoms with Gasteiger partial charge in [-0.05, 0) is 44.2 Å². The van der Waals surface area contributed by atoms with Crippen molar-refractivity contribution in [2.75, 3.05) is 11.6 Å². The number of hydrogen-bond acceptors (Lipinski definition) is 6. The molecular weight excluding hydrogens is 424 g/mol. The standard InChI is InChI=1S/C21H25ClN4O3S/c1-13(10-11-30(3,28)29)24-21(27)20-23-12-18(14(2)25-20)26-19(15-8-9-15)16-6-4-5-7-17(16)22/h4-7,10-13,15,19,26H,8-9H2,1-3H3,(H,24,27)/b11-10+/t13-,19+/m1/s1. The lowest BCUT2D eigenvalue weighted by atomic mass is 10.0. The number of aryl methyl sites for hydroxylation is 1. The molecule has 0 unspecified atom stereocenters. The molecule has 30 heavy (non-hydrogen) atoms. The van der Waals surface area contributed by atoms with Crippen molar-refractivity contribution in [3.8, 4) is 0 Å². The number of anilines is 1. The summed E-state index contributed by atoms with van der Waals surface area (Å²) in [6.45, 7) is 3.48. The predicted octanol–water partition coefficient (Wildman–Crippen LogP) is 3.68. The number of sulfone groups is 1. The summed E-state index contributed by atoms with van der Waals surface area (Å²) < 4.78 is 22.4. The Kier molecular flexibility index (Phi) is 6.77. The second-order valence-corrected chi connectivity index (χ2v) is 9.93. The monoisotopic (exact) mass is 448 g/mol. The topological polar surface area (TPSA) is 101 Å². The highest BCUT2D eigenvalue weighted by molar-refractivity contribution is 7.93. The summed E-state index contributed by atoms with van der Waals surface area (Å²) >= 11 is 6.40. The molecule has 0 radical (unpaired) electrons. The maximum absolute atomic E-state index is 12.4. The van der Waals surface area contributed by atoms with Gasteiger partial charge in [0.05, 0.1) is 23.6 Å². The molecule has 7 nitrogen and oxygen atoms in total. The van der Waals surface area contributed by atoms with E-state index in [0.717, 1.165) is 35.8 Å². The fraction of sp³-hybridized carbons (Fsp3) is 0.381. The third-order valence-corrected chi connectivity index (χ3v) is 5.80. The molecule has 2 atom stereocenters. The Balaban J connectivity index is 1.72. The molecular formula is C21H25ClN4O3S. The molecule has 0 saturated heterocycles. The fourth-order valence-corrected chi connectivity index (χ4v) is 3.85. The average Bonchev–Trinajstić information content (AvgIpc) is 3.51. The van der Waals surface area contributed by atoms with Gasteiger partial charge in [0.25, 0.3) is 5.91 Å². The molecule has 1 heterocycles. The number of halogens is 1. The van der Waals surface area contributed by atoms with Crippen LogP contribution in [0, 0.1) is 12.8 Å². The summed E-state index contributed by atoms with van der Waals surface area (Å²) in [5, 5.41) is 7.93. The lowest BCUT2D eigenvalue weighted by Crippen LogP contribution is -2.32. The number of amides is 1. The van der Waals surface area contributed by atoms with Gasteiger partial charge < -0.3 is 10.6 Å². The molecule has 1 aromatic carbocycles. The number of aromatic nitrogens is 2. The number of hydrogen-bond donors (Lipinski definition) is 2. The van der Waals surface area contributed by atoms with Crippen LogP contribution in [0.5, 0.6) is 0 Å². The summed E-state index contributed by atoms with van der Waals surface area (Å²) in [5.74, 6) is 0.0493. The van der Waals surface area contributed by atoms with E-state index in [9.17, 15) is 13.2 Å². The van der Waals surface area contributed by atoms with Gasteiger partial charge in [0.2, 0.25) is 5.82 Å². The molecule has 1 fully saturated rings. The zero-order chi connectivity index (χ0) is 21.9. The van der Waals surface area contributed by atoms with E-state index >= 15 is 0 Å². The number of benzene rings is 1. The summed E-state index contributed by atoms with van der Waals surface area (Å²) in [6.07, 6.45) is 6.35. The van der Waals surface area contributed by atoms with Crippen molar-refractivity contribution >= 4 is 33.0 Å². The van der Waals surface area contributed by atoms with Crippen LogP contribution >= 0.6 is 11.6 Å². The normalized spacial score (nSPS) is 16.3. The molecule has 2 N–H and O–H groups in total. The third kappa shape index (κ3) is 6.03. The zero-order valence-electron chi connectivity index (χ0n) is 17.1. The van der Waals surface area contributed by atoms with E-state index in [2.05, 4.69) is 20.6 Å². The van der Waals surface area contributed by atoms with Crippen LogP contribution in [-0.4, -0.2) is 36.6 Å². The Morgan fingerprint density at radius 3 is 2.60 bits per heavy atom. The molecule has 1 saturated carbocycles. The lowest BCUT2D eigenvalue weighted by molar-refractivity contribution is 0.0936. The molecule has 0 spiro atoms. The number of nitrogens with one attached hydrogen (secondary N) is 2. The summed E-state index contributed by atoms with van der Waals surface area (Å²) in [4.78, 5) is 20.9. The van der Waals surface area contributed by atoms with Crippen LogP contribution in [0.15, 0.2) is 41.9 Å². The first-order valence-corrected chi connectivity index (χ1v) is 12.0. The van der Waals surface area contributed by atoms with Gasteiger partial charge in [-0.3, -0.25) is 4.79 Å². The Bertz CT molecular complexity index is 1070.